The zero-order chi connectivity index (χ0) is 13.2. The van der Waals surface area contributed by atoms with Crippen LogP contribution in [0, 0.1) is 0 Å². The molecule has 96 valence electrons. The molecule has 3 heteroatoms. The smallest absolute Gasteiger partial charge is 0.339 e. The molecule has 0 aliphatic carbocycles. The lowest BCUT2D eigenvalue weighted by atomic mass is 9.95. The summed E-state index contributed by atoms with van der Waals surface area (Å²) in [5.74, 6) is 0.516. The monoisotopic (exact) mass is 254 g/mol. The molecule has 1 aliphatic rings. The molecule has 0 radical (unpaired) electrons. The number of cyclic esters (lactones) is 1. The van der Waals surface area contributed by atoms with Gasteiger partial charge in [0.1, 0.15) is 11.9 Å². The molecule has 0 unspecified atom stereocenters. The van der Waals surface area contributed by atoms with E-state index in [2.05, 4.69) is 0 Å². The minimum Gasteiger partial charge on any atom is -0.497 e. The lowest BCUT2D eigenvalue weighted by Crippen LogP contribution is -2.21. The molecule has 0 N–H and O–H groups in total. The number of hydrogen-bond donors (Lipinski definition) is 0. The third-order valence-electron chi connectivity index (χ3n) is 3.36. The Morgan fingerprint density at radius 2 is 2.00 bits per heavy atom. The van der Waals surface area contributed by atoms with Crippen LogP contribution >= 0.6 is 0 Å². The van der Waals surface area contributed by atoms with E-state index in [-0.39, 0.29) is 12.1 Å². The molecule has 3 rings (SSSR count). The zero-order valence-corrected chi connectivity index (χ0v) is 10.6. The quantitative estimate of drug-likeness (QED) is 0.772. The van der Waals surface area contributed by atoms with E-state index in [4.69, 9.17) is 9.47 Å². The van der Waals surface area contributed by atoms with Gasteiger partial charge < -0.3 is 9.47 Å². The topological polar surface area (TPSA) is 35.5 Å². The SMILES string of the molecule is COc1cccc([C@H]2Cc3ccccc3C(=O)O2)c1. The first kappa shape index (κ1) is 11.8. The van der Waals surface area contributed by atoms with Crippen LogP contribution in [-0.4, -0.2) is 13.1 Å². The van der Waals surface area contributed by atoms with Crippen molar-refractivity contribution in [1.82, 2.24) is 0 Å². The number of hydrogen-bond acceptors (Lipinski definition) is 3. The second-order valence-corrected chi connectivity index (χ2v) is 4.53. The minimum absolute atomic E-state index is 0.238. The van der Waals surface area contributed by atoms with Crippen molar-refractivity contribution in [3.63, 3.8) is 0 Å². The van der Waals surface area contributed by atoms with Gasteiger partial charge in [-0.15, -0.1) is 0 Å². The number of carbonyl (C=O) groups excluding carboxylic acids is 1. The average Bonchev–Trinajstić information content (AvgIpc) is 2.47. The molecule has 2 aromatic rings. The highest BCUT2D eigenvalue weighted by Crippen LogP contribution is 2.31. The van der Waals surface area contributed by atoms with E-state index in [9.17, 15) is 4.79 Å². The number of methoxy groups -OCH3 is 1. The van der Waals surface area contributed by atoms with Crippen LogP contribution in [0.2, 0.25) is 0 Å². The Morgan fingerprint density at radius 3 is 2.84 bits per heavy atom. The lowest BCUT2D eigenvalue weighted by molar-refractivity contribution is 0.0252. The summed E-state index contributed by atoms with van der Waals surface area (Å²) < 4.78 is 10.7. The number of benzene rings is 2. The molecule has 0 bridgehead atoms. The van der Waals surface area contributed by atoms with Crippen molar-refractivity contribution in [3.8, 4) is 5.75 Å². The summed E-state index contributed by atoms with van der Waals surface area (Å²) in [5, 5.41) is 0. The van der Waals surface area contributed by atoms with E-state index in [0.717, 1.165) is 16.9 Å². The van der Waals surface area contributed by atoms with Crippen LogP contribution in [0.1, 0.15) is 27.6 Å². The fraction of sp³-hybridized carbons (Fsp3) is 0.188. The van der Waals surface area contributed by atoms with E-state index in [0.29, 0.717) is 12.0 Å². The number of rotatable bonds is 2. The van der Waals surface area contributed by atoms with Gasteiger partial charge in [-0.2, -0.15) is 0 Å². The van der Waals surface area contributed by atoms with Gasteiger partial charge in [-0.1, -0.05) is 30.3 Å². The highest BCUT2D eigenvalue weighted by Gasteiger charge is 2.27. The summed E-state index contributed by atoms with van der Waals surface area (Å²) >= 11 is 0. The van der Waals surface area contributed by atoms with Crippen molar-refractivity contribution in [3.05, 3.63) is 65.2 Å². The summed E-state index contributed by atoms with van der Waals surface area (Å²) in [4.78, 5) is 12.0. The summed E-state index contributed by atoms with van der Waals surface area (Å²) in [6.45, 7) is 0. The van der Waals surface area contributed by atoms with Gasteiger partial charge in [0.25, 0.3) is 0 Å². The predicted octanol–water partition coefficient (Wildman–Crippen LogP) is 3.15. The number of esters is 1. The Hall–Kier alpha value is -2.29. The lowest BCUT2D eigenvalue weighted by Gasteiger charge is -2.25. The maximum Gasteiger partial charge on any atom is 0.339 e. The van der Waals surface area contributed by atoms with Crippen LogP contribution in [0.4, 0.5) is 0 Å². The highest BCUT2D eigenvalue weighted by molar-refractivity contribution is 5.92. The van der Waals surface area contributed by atoms with Crippen molar-refractivity contribution in [2.45, 2.75) is 12.5 Å². The number of ether oxygens (including phenoxy) is 2. The Kier molecular flexibility index (Phi) is 2.95. The molecular weight excluding hydrogens is 240 g/mol. The Balaban J connectivity index is 1.94. The highest BCUT2D eigenvalue weighted by atomic mass is 16.5. The van der Waals surface area contributed by atoms with Crippen molar-refractivity contribution < 1.29 is 14.3 Å². The molecule has 0 saturated heterocycles. The van der Waals surface area contributed by atoms with E-state index in [1.165, 1.54) is 0 Å². The number of fused-ring (bicyclic) bond motifs is 1. The first-order valence-corrected chi connectivity index (χ1v) is 6.21. The van der Waals surface area contributed by atoms with Crippen LogP contribution in [0.15, 0.2) is 48.5 Å². The third kappa shape index (κ3) is 2.19. The van der Waals surface area contributed by atoms with Gasteiger partial charge in [-0.3, -0.25) is 0 Å². The van der Waals surface area contributed by atoms with E-state index < -0.39 is 0 Å². The molecule has 0 aromatic heterocycles. The van der Waals surface area contributed by atoms with Crippen molar-refractivity contribution in [2.24, 2.45) is 0 Å². The fourth-order valence-electron chi connectivity index (χ4n) is 2.36. The molecule has 3 nitrogen and oxygen atoms in total. The second kappa shape index (κ2) is 4.76. The zero-order valence-electron chi connectivity index (χ0n) is 10.6. The normalized spacial score (nSPS) is 17.5. The average molecular weight is 254 g/mol. The Bertz CT molecular complexity index is 619. The first-order chi connectivity index (χ1) is 9.28. The van der Waals surface area contributed by atoms with Gasteiger partial charge >= 0.3 is 5.97 Å². The van der Waals surface area contributed by atoms with Gasteiger partial charge in [0, 0.05) is 6.42 Å². The van der Waals surface area contributed by atoms with Crippen LogP contribution in [0.25, 0.3) is 0 Å². The van der Waals surface area contributed by atoms with Crippen molar-refractivity contribution in [1.29, 1.82) is 0 Å². The van der Waals surface area contributed by atoms with Crippen LogP contribution < -0.4 is 4.74 Å². The fourth-order valence-corrected chi connectivity index (χ4v) is 2.36. The maximum absolute atomic E-state index is 12.0. The van der Waals surface area contributed by atoms with Crippen molar-refractivity contribution in [2.75, 3.05) is 7.11 Å². The standard InChI is InChI=1S/C16H14O3/c1-18-13-7-4-6-12(9-13)15-10-11-5-2-3-8-14(11)16(17)19-15/h2-9,15H,10H2,1H3/t15-/m1/s1. The minimum atomic E-state index is -0.255. The van der Waals surface area contributed by atoms with Gasteiger partial charge in [0.2, 0.25) is 0 Å². The Labute approximate surface area is 111 Å². The summed E-state index contributed by atoms with van der Waals surface area (Å²) in [5.41, 5.74) is 2.66. The molecule has 0 fully saturated rings. The molecular formula is C16H14O3. The molecule has 1 heterocycles. The second-order valence-electron chi connectivity index (χ2n) is 4.53. The molecule has 1 aliphatic heterocycles. The summed E-state index contributed by atoms with van der Waals surface area (Å²) in [6.07, 6.45) is 0.465. The molecule has 0 amide bonds. The molecule has 1 atom stereocenters. The molecule has 19 heavy (non-hydrogen) atoms. The van der Waals surface area contributed by atoms with E-state index in [1.807, 2.05) is 42.5 Å². The van der Waals surface area contributed by atoms with Gasteiger partial charge in [0.15, 0.2) is 0 Å². The first-order valence-electron chi connectivity index (χ1n) is 6.21. The van der Waals surface area contributed by atoms with Gasteiger partial charge in [-0.05, 0) is 29.3 Å². The van der Waals surface area contributed by atoms with E-state index >= 15 is 0 Å². The summed E-state index contributed by atoms with van der Waals surface area (Å²) in [7, 11) is 1.63. The molecule has 0 saturated carbocycles. The number of carbonyl (C=O) groups is 1. The maximum atomic E-state index is 12.0. The predicted molar refractivity (Wildman–Crippen MR) is 71.3 cm³/mol. The van der Waals surface area contributed by atoms with Gasteiger partial charge in [-0.25, -0.2) is 4.79 Å². The van der Waals surface area contributed by atoms with Gasteiger partial charge in [0.05, 0.1) is 12.7 Å². The third-order valence-corrected chi connectivity index (χ3v) is 3.36. The Morgan fingerprint density at radius 1 is 1.16 bits per heavy atom. The summed E-state index contributed by atoms with van der Waals surface area (Å²) in [6, 6.07) is 15.2. The van der Waals surface area contributed by atoms with Crippen LogP contribution in [0.3, 0.4) is 0 Å². The molecule has 2 aromatic carbocycles. The largest absolute Gasteiger partial charge is 0.497 e. The van der Waals surface area contributed by atoms with Crippen LogP contribution in [-0.2, 0) is 11.2 Å². The molecule has 0 spiro atoms. The van der Waals surface area contributed by atoms with E-state index in [1.54, 1.807) is 13.2 Å². The van der Waals surface area contributed by atoms with Crippen LogP contribution in [0.5, 0.6) is 5.75 Å². The van der Waals surface area contributed by atoms with Crippen molar-refractivity contribution >= 4 is 5.97 Å².